The molecule has 3 N–H and O–H groups in total. The summed E-state index contributed by atoms with van der Waals surface area (Å²) in [6, 6.07) is 8.11. The number of hydrogen-bond donors (Lipinski definition) is 2. The van der Waals surface area contributed by atoms with Crippen LogP contribution >= 0.6 is 0 Å². The molecule has 100 valence electrons. The molecular weight excluding hydrogens is 228 g/mol. The van der Waals surface area contributed by atoms with Gasteiger partial charge in [-0.1, -0.05) is 24.6 Å². The Labute approximate surface area is 109 Å². The van der Waals surface area contributed by atoms with Crippen molar-refractivity contribution in [2.75, 3.05) is 13.2 Å². The number of nitrogens with one attached hydrogen (secondary N) is 1. The Bertz CT molecular complexity index is 376. The van der Waals surface area contributed by atoms with Crippen LogP contribution in [0.4, 0.5) is 0 Å². The van der Waals surface area contributed by atoms with Crippen molar-refractivity contribution in [1.29, 1.82) is 0 Å². The molecule has 18 heavy (non-hydrogen) atoms. The molecule has 1 aromatic rings. The van der Waals surface area contributed by atoms with Gasteiger partial charge in [-0.2, -0.15) is 0 Å². The van der Waals surface area contributed by atoms with Crippen LogP contribution in [0.3, 0.4) is 0 Å². The first-order valence-corrected chi connectivity index (χ1v) is 6.21. The van der Waals surface area contributed by atoms with Crippen LogP contribution in [-0.2, 0) is 4.79 Å². The number of carbonyl (C=O) groups is 1. The summed E-state index contributed by atoms with van der Waals surface area (Å²) in [5.74, 6) is 0.415. The van der Waals surface area contributed by atoms with Gasteiger partial charge in [0.15, 0.2) is 0 Å². The number of benzene rings is 1. The summed E-state index contributed by atoms with van der Waals surface area (Å²) in [4.78, 5) is 10.9. The average Bonchev–Trinajstić information content (AvgIpc) is 2.35. The standard InChI is InChI=1S/C14H22N2O2/c1-10-4-6-13(7-5-10)18-9-12(3)16-8-11(2)14(15)17/h4-7,11-12,16H,8-9H2,1-3H3,(H2,15,17). The second-order valence-corrected chi connectivity index (χ2v) is 4.74. The Morgan fingerprint density at radius 2 is 1.94 bits per heavy atom. The molecule has 0 aromatic heterocycles. The molecule has 4 nitrogen and oxygen atoms in total. The lowest BCUT2D eigenvalue weighted by Crippen LogP contribution is -2.38. The molecule has 0 heterocycles. The third kappa shape index (κ3) is 5.19. The highest BCUT2D eigenvalue weighted by molar-refractivity contribution is 5.76. The molecular formula is C14H22N2O2. The van der Waals surface area contributed by atoms with Crippen molar-refractivity contribution in [1.82, 2.24) is 5.32 Å². The zero-order valence-corrected chi connectivity index (χ0v) is 11.3. The van der Waals surface area contributed by atoms with Gasteiger partial charge in [0.1, 0.15) is 12.4 Å². The Balaban J connectivity index is 2.26. The fraction of sp³-hybridized carbons (Fsp3) is 0.500. The van der Waals surface area contributed by atoms with Gasteiger partial charge in [0, 0.05) is 18.5 Å². The molecule has 0 saturated carbocycles. The molecule has 4 heteroatoms. The van der Waals surface area contributed by atoms with E-state index >= 15 is 0 Å². The lowest BCUT2D eigenvalue weighted by Gasteiger charge is -2.16. The first-order chi connectivity index (χ1) is 8.49. The van der Waals surface area contributed by atoms with Gasteiger partial charge in [-0.25, -0.2) is 0 Å². The van der Waals surface area contributed by atoms with Gasteiger partial charge in [0.05, 0.1) is 0 Å². The second kappa shape index (κ2) is 7.01. The molecule has 2 atom stereocenters. The summed E-state index contributed by atoms with van der Waals surface area (Å²) in [6.45, 7) is 7.01. The average molecular weight is 250 g/mol. The molecule has 0 fully saturated rings. The maximum atomic E-state index is 10.9. The van der Waals surface area contributed by atoms with E-state index in [9.17, 15) is 4.79 Å². The van der Waals surface area contributed by atoms with Crippen molar-refractivity contribution in [2.24, 2.45) is 11.7 Å². The fourth-order valence-electron chi connectivity index (χ4n) is 1.39. The monoisotopic (exact) mass is 250 g/mol. The number of primary amides is 1. The second-order valence-electron chi connectivity index (χ2n) is 4.74. The zero-order valence-electron chi connectivity index (χ0n) is 11.3. The Morgan fingerprint density at radius 1 is 1.33 bits per heavy atom. The molecule has 0 bridgehead atoms. The summed E-state index contributed by atoms with van der Waals surface area (Å²) >= 11 is 0. The number of hydrogen-bond acceptors (Lipinski definition) is 3. The van der Waals surface area contributed by atoms with Crippen LogP contribution in [0.1, 0.15) is 19.4 Å². The van der Waals surface area contributed by atoms with E-state index in [4.69, 9.17) is 10.5 Å². The first-order valence-electron chi connectivity index (χ1n) is 6.21. The van der Waals surface area contributed by atoms with Gasteiger partial charge in [-0.05, 0) is 26.0 Å². The van der Waals surface area contributed by atoms with Crippen LogP contribution in [0.15, 0.2) is 24.3 Å². The van der Waals surface area contributed by atoms with Gasteiger partial charge in [0.2, 0.25) is 5.91 Å². The number of amides is 1. The van der Waals surface area contributed by atoms with E-state index in [-0.39, 0.29) is 17.9 Å². The zero-order chi connectivity index (χ0) is 13.5. The fourth-order valence-corrected chi connectivity index (χ4v) is 1.39. The molecule has 1 amide bonds. The summed E-state index contributed by atoms with van der Waals surface area (Å²) in [5, 5.41) is 3.22. The minimum atomic E-state index is -0.283. The van der Waals surface area contributed by atoms with Gasteiger partial charge >= 0.3 is 0 Å². The van der Waals surface area contributed by atoms with Gasteiger partial charge in [-0.15, -0.1) is 0 Å². The highest BCUT2D eigenvalue weighted by Crippen LogP contribution is 2.11. The van der Waals surface area contributed by atoms with Crippen LogP contribution in [0, 0.1) is 12.8 Å². The summed E-state index contributed by atoms with van der Waals surface area (Å²) < 4.78 is 5.64. The number of rotatable bonds is 7. The van der Waals surface area contributed by atoms with Crippen molar-refractivity contribution in [2.45, 2.75) is 26.8 Å². The largest absolute Gasteiger partial charge is 0.492 e. The Morgan fingerprint density at radius 3 is 2.50 bits per heavy atom. The van der Waals surface area contributed by atoms with E-state index in [2.05, 4.69) is 5.32 Å². The van der Waals surface area contributed by atoms with Crippen LogP contribution < -0.4 is 15.8 Å². The third-order valence-electron chi connectivity index (χ3n) is 2.78. The summed E-state index contributed by atoms with van der Waals surface area (Å²) in [6.07, 6.45) is 0. The molecule has 0 aliphatic carbocycles. The highest BCUT2D eigenvalue weighted by Gasteiger charge is 2.10. The Hall–Kier alpha value is -1.55. The van der Waals surface area contributed by atoms with Crippen molar-refractivity contribution < 1.29 is 9.53 Å². The molecule has 2 unspecified atom stereocenters. The van der Waals surface area contributed by atoms with Crippen LogP contribution in [0.2, 0.25) is 0 Å². The summed E-state index contributed by atoms with van der Waals surface area (Å²) in [5.41, 5.74) is 6.40. The van der Waals surface area contributed by atoms with E-state index in [0.717, 1.165) is 5.75 Å². The molecule has 1 aromatic carbocycles. The number of nitrogens with two attached hydrogens (primary N) is 1. The van der Waals surface area contributed by atoms with E-state index < -0.39 is 0 Å². The number of ether oxygens (including phenoxy) is 1. The van der Waals surface area contributed by atoms with Crippen molar-refractivity contribution in [3.05, 3.63) is 29.8 Å². The normalized spacial score (nSPS) is 13.9. The minimum absolute atomic E-state index is 0.160. The first kappa shape index (κ1) is 14.5. The van der Waals surface area contributed by atoms with E-state index in [1.54, 1.807) is 0 Å². The van der Waals surface area contributed by atoms with Crippen molar-refractivity contribution >= 4 is 5.91 Å². The molecule has 0 aliphatic heterocycles. The van der Waals surface area contributed by atoms with E-state index in [0.29, 0.717) is 13.2 Å². The van der Waals surface area contributed by atoms with Crippen LogP contribution in [0.25, 0.3) is 0 Å². The lowest BCUT2D eigenvalue weighted by molar-refractivity contribution is -0.121. The van der Waals surface area contributed by atoms with E-state index in [1.807, 2.05) is 45.0 Å². The predicted octanol–water partition coefficient (Wildman–Crippen LogP) is 1.47. The maximum absolute atomic E-state index is 10.9. The topological polar surface area (TPSA) is 64.3 Å². The third-order valence-corrected chi connectivity index (χ3v) is 2.78. The SMILES string of the molecule is Cc1ccc(OCC(C)NCC(C)C(N)=O)cc1. The van der Waals surface area contributed by atoms with Gasteiger partial charge < -0.3 is 15.8 Å². The maximum Gasteiger partial charge on any atom is 0.221 e. The molecule has 0 aliphatic rings. The van der Waals surface area contributed by atoms with Crippen molar-refractivity contribution in [3.8, 4) is 5.75 Å². The van der Waals surface area contributed by atoms with Crippen LogP contribution in [0.5, 0.6) is 5.75 Å². The van der Waals surface area contributed by atoms with Crippen LogP contribution in [-0.4, -0.2) is 25.1 Å². The minimum Gasteiger partial charge on any atom is -0.492 e. The summed E-state index contributed by atoms with van der Waals surface area (Å²) in [7, 11) is 0. The molecule has 0 radical (unpaired) electrons. The van der Waals surface area contributed by atoms with Crippen molar-refractivity contribution in [3.63, 3.8) is 0 Å². The van der Waals surface area contributed by atoms with Gasteiger partial charge in [0.25, 0.3) is 0 Å². The predicted molar refractivity (Wildman–Crippen MR) is 72.5 cm³/mol. The molecule has 0 spiro atoms. The number of aryl methyl sites for hydroxylation is 1. The Kier molecular flexibility index (Phi) is 5.65. The molecule has 0 saturated heterocycles. The lowest BCUT2D eigenvalue weighted by atomic mass is 10.1. The quantitative estimate of drug-likeness (QED) is 0.770. The van der Waals surface area contributed by atoms with Gasteiger partial charge in [-0.3, -0.25) is 4.79 Å². The molecule has 1 rings (SSSR count). The van der Waals surface area contributed by atoms with E-state index in [1.165, 1.54) is 5.56 Å². The number of carbonyl (C=O) groups excluding carboxylic acids is 1. The highest BCUT2D eigenvalue weighted by atomic mass is 16.5. The smallest absolute Gasteiger partial charge is 0.221 e.